The van der Waals surface area contributed by atoms with Gasteiger partial charge >= 0.3 is 5.97 Å². The van der Waals surface area contributed by atoms with E-state index in [1.807, 2.05) is 12.1 Å². The number of carbonyl (C=O) groups is 2. The van der Waals surface area contributed by atoms with Gasteiger partial charge in [0.1, 0.15) is 13.2 Å². The van der Waals surface area contributed by atoms with Gasteiger partial charge in [-0.2, -0.15) is 0 Å². The van der Waals surface area contributed by atoms with Crippen molar-refractivity contribution in [3.05, 3.63) is 64.4 Å². The van der Waals surface area contributed by atoms with Crippen molar-refractivity contribution < 1.29 is 14.3 Å². The van der Waals surface area contributed by atoms with Crippen LogP contribution in [-0.4, -0.2) is 23.4 Å². The number of nitrogens with one attached hydrogen (secondary N) is 1. The van der Waals surface area contributed by atoms with Gasteiger partial charge in [-0.1, -0.05) is 28.1 Å². The largest absolute Gasteiger partial charge is 0.458 e. The second-order valence-corrected chi connectivity index (χ2v) is 5.09. The van der Waals surface area contributed by atoms with Crippen molar-refractivity contribution in [2.75, 3.05) is 6.54 Å². The minimum absolute atomic E-state index is 0.0897. The molecule has 0 saturated heterocycles. The summed E-state index contributed by atoms with van der Waals surface area (Å²) in [7, 11) is 0. The maximum absolute atomic E-state index is 11.8. The number of ether oxygens (including phenoxy) is 1. The molecule has 0 saturated carbocycles. The van der Waals surface area contributed by atoms with E-state index in [-0.39, 0.29) is 19.1 Å². The summed E-state index contributed by atoms with van der Waals surface area (Å²) in [6, 6.07) is 12.3. The molecule has 108 valence electrons. The van der Waals surface area contributed by atoms with E-state index in [4.69, 9.17) is 4.74 Å². The predicted octanol–water partition coefficient (Wildman–Crippen LogP) is 2.32. The second kappa shape index (κ2) is 7.54. The number of hydrogen-bond donors (Lipinski definition) is 1. The number of pyridine rings is 1. The fourth-order valence-electron chi connectivity index (χ4n) is 1.57. The van der Waals surface area contributed by atoms with Crippen LogP contribution in [0.3, 0.4) is 0 Å². The molecule has 2 rings (SSSR count). The Kier molecular flexibility index (Phi) is 5.45. The van der Waals surface area contributed by atoms with Crippen LogP contribution in [0.1, 0.15) is 16.1 Å². The van der Waals surface area contributed by atoms with Gasteiger partial charge in [-0.15, -0.1) is 0 Å². The molecule has 1 aromatic carbocycles. The summed E-state index contributed by atoms with van der Waals surface area (Å²) in [6.07, 6.45) is 1.62. The Morgan fingerprint density at radius 3 is 2.76 bits per heavy atom. The van der Waals surface area contributed by atoms with Gasteiger partial charge in [0.2, 0.25) is 0 Å². The lowest BCUT2D eigenvalue weighted by molar-refractivity contribution is -0.143. The average molecular weight is 349 g/mol. The number of aromatic nitrogens is 1. The molecule has 0 aliphatic rings. The first-order chi connectivity index (χ1) is 10.1. The van der Waals surface area contributed by atoms with Crippen LogP contribution in [0.4, 0.5) is 0 Å². The van der Waals surface area contributed by atoms with Crippen LogP contribution >= 0.6 is 15.9 Å². The SMILES string of the molecule is O=C(CNC(=O)c1cccc(Br)c1)OCc1ccccn1. The van der Waals surface area contributed by atoms with Crippen molar-refractivity contribution in [2.24, 2.45) is 0 Å². The van der Waals surface area contributed by atoms with E-state index in [1.54, 1.807) is 36.5 Å². The Morgan fingerprint density at radius 1 is 1.19 bits per heavy atom. The van der Waals surface area contributed by atoms with E-state index in [9.17, 15) is 9.59 Å². The molecule has 0 fully saturated rings. The van der Waals surface area contributed by atoms with Gasteiger partial charge < -0.3 is 10.1 Å². The van der Waals surface area contributed by atoms with E-state index in [0.717, 1.165) is 4.47 Å². The van der Waals surface area contributed by atoms with Crippen LogP contribution in [0.5, 0.6) is 0 Å². The average Bonchev–Trinajstić information content (AvgIpc) is 2.51. The van der Waals surface area contributed by atoms with E-state index < -0.39 is 5.97 Å². The molecule has 1 amide bonds. The van der Waals surface area contributed by atoms with Gasteiger partial charge in [-0.25, -0.2) is 0 Å². The molecule has 1 aromatic heterocycles. The number of esters is 1. The second-order valence-electron chi connectivity index (χ2n) is 4.17. The zero-order valence-electron chi connectivity index (χ0n) is 11.1. The third-order valence-corrected chi connectivity index (χ3v) is 3.08. The van der Waals surface area contributed by atoms with Gasteiger partial charge in [0.25, 0.3) is 5.91 Å². The molecule has 0 spiro atoms. The molecular formula is C15H13BrN2O3. The van der Waals surface area contributed by atoms with Gasteiger partial charge in [-0.3, -0.25) is 14.6 Å². The minimum Gasteiger partial charge on any atom is -0.458 e. The van der Waals surface area contributed by atoms with Crippen molar-refractivity contribution in [1.82, 2.24) is 10.3 Å². The summed E-state index contributed by atoms with van der Waals surface area (Å²) in [5, 5.41) is 2.51. The maximum atomic E-state index is 11.8. The predicted molar refractivity (Wildman–Crippen MR) is 80.5 cm³/mol. The highest BCUT2D eigenvalue weighted by Gasteiger charge is 2.09. The van der Waals surface area contributed by atoms with E-state index >= 15 is 0 Å². The molecule has 1 N–H and O–H groups in total. The number of benzene rings is 1. The van der Waals surface area contributed by atoms with Gasteiger partial charge in [0.15, 0.2) is 0 Å². The monoisotopic (exact) mass is 348 g/mol. The van der Waals surface area contributed by atoms with Crippen molar-refractivity contribution in [3.63, 3.8) is 0 Å². The minimum atomic E-state index is -0.510. The van der Waals surface area contributed by atoms with Crippen LogP contribution in [-0.2, 0) is 16.1 Å². The van der Waals surface area contributed by atoms with Crippen molar-refractivity contribution >= 4 is 27.8 Å². The maximum Gasteiger partial charge on any atom is 0.325 e. The molecule has 0 unspecified atom stereocenters. The van der Waals surface area contributed by atoms with Crippen molar-refractivity contribution in [2.45, 2.75) is 6.61 Å². The zero-order valence-corrected chi connectivity index (χ0v) is 12.7. The molecule has 2 aromatic rings. The molecule has 1 heterocycles. The van der Waals surface area contributed by atoms with Crippen LogP contribution in [0.2, 0.25) is 0 Å². The Hall–Kier alpha value is -2.21. The third-order valence-electron chi connectivity index (χ3n) is 2.59. The molecule has 0 bridgehead atoms. The highest BCUT2D eigenvalue weighted by Crippen LogP contribution is 2.11. The Labute approximate surface area is 130 Å². The molecule has 0 aliphatic heterocycles. The molecule has 0 radical (unpaired) electrons. The number of carbonyl (C=O) groups excluding carboxylic acids is 2. The lowest BCUT2D eigenvalue weighted by Gasteiger charge is -2.06. The summed E-state index contributed by atoms with van der Waals surface area (Å²) in [5.41, 5.74) is 1.13. The topological polar surface area (TPSA) is 68.3 Å². The summed E-state index contributed by atoms with van der Waals surface area (Å²) in [5.74, 6) is -0.838. The summed E-state index contributed by atoms with van der Waals surface area (Å²) >= 11 is 3.28. The first-order valence-electron chi connectivity index (χ1n) is 6.24. The Morgan fingerprint density at radius 2 is 2.05 bits per heavy atom. The van der Waals surface area contributed by atoms with Crippen LogP contribution in [0, 0.1) is 0 Å². The van der Waals surface area contributed by atoms with Gasteiger partial charge in [0.05, 0.1) is 5.69 Å². The number of amides is 1. The van der Waals surface area contributed by atoms with Crippen LogP contribution < -0.4 is 5.32 Å². The number of rotatable bonds is 5. The lowest BCUT2D eigenvalue weighted by Crippen LogP contribution is -2.30. The van der Waals surface area contributed by atoms with E-state index in [1.165, 1.54) is 0 Å². The first kappa shape index (κ1) is 15.2. The number of hydrogen-bond acceptors (Lipinski definition) is 4. The quantitative estimate of drug-likeness (QED) is 0.842. The van der Waals surface area contributed by atoms with Gasteiger partial charge in [-0.05, 0) is 30.3 Å². The van der Waals surface area contributed by atoms with Gasteiger partial charge in [0, 0.05) is 16.2 Å². The highest BCUT2D eigenvalue weighted by molar-refractivity contribution is 9.10. The Balaban J connectivity index is 1.77. The molecule has 21 heavy (non-hydrogen) atoms. The lowest BCUT2D eigenvalue weighted by atomic mass is 10.2. The molecule has 0 atom stereocenters. The van der Waals surface area contributed by atoms with E-state index in [0.29, 0.717) is 11.3 Å². The summed E-state index contributed by atoms with van der Waals surface area (Å²) in [4.78, 5) is 27.4. The van der Waals surface area contributed by atoms with Crippen LogP contribution in [0.25, 0.3) is 0 Å². The standard InChI is InChI=1S/C15H13BrN2O3/c16-12-5-3-4-11(8-12)15(20)18-9-14(19)21-10-13-6-1-2-7-17-13/h1-8H,9-10H2,(H,18,20). The van der Waals surface area contributed by atoms with Crippen LogP contribution in [0.15, 0.2) is 53.1 Å². The first-order valence-corrected chi connectivity index (χ1v) is 7.04. The fraction of sp³-hybridized carbons (Fsp3) is 0.133. The molecular weight excluding hydrogens is 336 g/mol. The Bertz CT molecular complexity index is 632. The number of nitrogens with zero attached hydrogens (tertiary/aromatic N) is 1. The van der Waals surface area contributed by atoms with Crippen molar-refractivity contribution in [1.29, 1.82) is 0 Å². The molecule has 5 nitrogen and oxygen atoms in total. The molecule has 6 heteroatoms. The molecule has 0 aliphatic carbocycles. The fourth-order valence-corrected chi connectivity index (χ4v) is 1.97. The van der Waals surface area contributed by atoms with E-state index in [2.05, 4.69) is 26.2 Å². The summed E-state index contributed by atoms with van der Waals surface area (Å²) in [6.45, 7) is -0.0926. The third kappa shape index (κ3) is 5.00. The van der Waals surface area contributed by atoms with Crippen molar-refractivity contribution in [3.8, 4) is 0 Å². The summed E-state index contributed by atoms with van der Waals surface area (Å²) < 4.78 is 5.81. The number of halogens is 1. The smallest absolute Gasteiger partial charge is 0.325 e. The normalized spacial score (nSPS) is 9.95. The highest BCUT2D eigenvalue weighted by atomic mass is 79.9. The zero-order chi connectivity index (χ0) is 15.1.